The maximum atomic E-state index is 13.1. The Bertz CT molecular complexity index is 1440. The number of fused-ring (bicyclic) bond motifs is 1. The van der Waals surface area contributed by atoms with Crippen LogP contribution in [0.15, 0.2) is 48.5 Å². The van der Waals surface area contributed by atoms with Crippen LogP contribution in [-0.2, 0) is 20.2 Å². The SMILES string of the molecule is C#Cc1ccc(C(=O)C(=O)Nc2cc(C(C)(C)C)cc(NS(C)(=O)=O)c2OC)c2ccccc12. The molecule has 0 aromatic heterocycles. The topological polar surface area (TPSA) is 102 Å². The van der Waals surface area contributed by atoms with Gasteiger partial charge in [0.05, 0.1) is 24.7 Å². The Labute approximate surface area is 199 Å². The summed E-state index contributed by atoms with van der Waals surface area (Å²) in [6, 6.07) is 13.5. The van der Waals surface area contributed by atoms with Crippen LogP contribution in [0.25, 0.3) is 10.8 Å². The number of nitrogens with one attached hydrogen (secondary N) is 2. The Balaban J connectivity index is 2.08. The number of terminal acetylenes is 1. The van der Waals surface area contributed by atoms with Crippen molar-refractivity contribution in [3.05, 3.63) is 65.2 Å². The average Bonchev–Trinajstić information content (AvgIpc) is 2.76. The van der Waals surface area contributed by atoms with Gasteiger partial charge in [-0.25, -0.2) is 8.42 Å². The fourth-order valence-electron chi connectivity index (χ4n) is 3.57. The van der Waals surface area contributed by atoms with Crippen molar-refractivity contribution in [3.8, 4) is 18.1 Å². The molecule has 0 aliphatic carbocycles. The van der Waals surface area contributed by atoms with E-state index >= 15 is 0 Å². The second-order valence-corrected chi connectivity index (χ2v) is 10.6. The van der Waals surface area contributed by atoms with Gasteiger partial charge in [-0.05, 0) is 46.0 Å². The molecule has 7 nitrogen and oxygen atoms in total. The van der Waals surface area contributed by atoms with Gasteiger partial charge in [0.2, 0.25) is 10.0 Å². The summed E-state index contributed by atoms with van der Waals surface area (Å²) in [6.45, 7) is 5.82. The third-order valence-electron chi connectivity index (χ3n) is 5.23. The van der Waals surface area contributed by atoms with Crippen LogP contribution in [0.3, 0.4) is 0 Å². The Hall–Kier alpha value is -3.83. The smallest absolute Gasteiger partial charge is 0.296 e. The zero-order chi connectivity index (χ0) is 25.3. The first-order chi connectivity index (χ1) is 15.9. The number of Topliss-reactive ketones (excluding diaryl/α,β-unsaturated/α-hetero) is 1. The predicted molar refractivity (Wildman–Crippen MR) is 135 cm³/mol. The molecule has 0 unspecified atom stereocenters. The summed E-state index contributed by atoms with van der Waals surface area (Å²) in [6.07, 6.45) is 6.58. The minimum absolute atomic E-state index is 0.0899. The molecule has 0 saturated heterocycles. The van der Waals surface area contributed by atoms with Gasteiger partial charge >= 0.3 is 0 Å². The molecule has 2 N–H and O–H groups in total. The second-order valence-electron chi connectivity index (χ2n) is 8.86. The molecule has 0 heterocycles. The number of amides is 1. The van der Waals surface area contributed by atoms with E-state index in [4.69, 9.17) is 11.2 Å². The van der Waals surface area contributed by atoms with Gasteiger partial charge in [0.15, 0.2) is 5.75 Å². The average molecular weight is 479 g/mol. The molecule has 0 aliphatic rings. The van der Waals surface area contributed by atoms with Gasteiger partial charge < -0.3 is 10.1 Å². The third kappa shape index (κ3) is 5.21. The number of anilines is 2. The number of hydrogen-bond donors (Lipinski definition) is 2. The van der Waals surface area contributed by atoms with Crippen LogP contribution >= 0.6 is 0 Å². The van der Waals surface area contributed by atoms with Crippen LogP contribution in [0.4, 0.5) is 11.4 Å². The molecule has 3 aromatic rings. The summed E-state index contributed by atoms with van der Waals surface area (Å²) in [5, 5.41) is 3.86. The number of benzene rings is 3. The van der Waals surface area contributed by atoms with Crippen molar-refractivity contribution in [3.63, 3.8) is 0 Å². The molecule has 0 saturated carbocycles. The largest absolute Gasteiger partial charge is 0.492 e. The number of methoxy groups -OCH3 is 1. The van der Waals surface area contributed by atoms with E-state index in [-0.39, 0.29) is 28.1 Å². The maximum absolute atomic E-state index is 13.1. The lowest BCUT2D eigenvalue weighted by Crippen LogP contribution is -2.24. The van der Waals surface area contributed by atoms with E-state index in [1.807, 2.05) is 20.8 Å². The van der Waals surface area contributed by atoms with Gasteiger partial charge in [-0.1, -0.05) is 51.0 Å². The Morgan fingerprint density at radius 2 is 1.62 bits per heavy atom. The van der Waals surface area contributed by atoms with E-state index in [1.165, 1.54) is 13.2 Å². The molecule has 0 spiro atoms. The highest BCUT2D eigenvalue weighted by Gasteiger charge is 2.25. The van der Waals surface area contributed by atoms with Gasteiger partial charge in [0.1, 0.15) is 0 Å². The first kappa shape index (κ1) is 24.8. The lowest BCUT2D eigenvalue weighted by atomic mass is 9.86. The highest BCUT2D eigenvalue weighted by molar-refractivity contribution is 7.92. The first-order valence-corrected chi connectivity index (χ1v) is 12.3. The van der Waals surface area contributed by atoms with E-state index < -0.39 is 21.7 Å². The number of carbonyl (C=O) groups excluding carboxylic acids is 2. The highest BCUT2D eigenvalue weighted by Crippen LogP contribution is 2.39. The number of carbonyl (C=O) groups is 2. The standard InChI is InChI=1S/C26H26N2O5S/c1-7-16-12-13-20(19-11-9-8-10-18(16)19)23(29)25(30)27-21-14-17(26(2,3)4)15-22(24(21)33-5)28-34(6,31)32/h1,8-15,28H,2-6H3,(H,27,30). The quantitative estimate of drug-likeness (QED) is 0.312. The van der Waals surface area contributed by atoms with E-state index in [0.717, 1.165) is 11.8 Å². The van der Waals surface area contributed by atoms with E-state index in [1.54, 1.807) is 42.5 Å². The predicted octanol–water partition coefficient (Wildman–Crippen LogP) is 4.32. The van der Waals surface area contributed by atoms with E-state index in [2.05, 4.69) is 16.0 Å². The summed E-state index contributed by atoms with van der Waals surface area (Å²) in [4.78, 5) is 26.2. The Kier molecular flexibility index (Phi) is 6.71. The molecule has 1 amide bonds. The molecule has 3 aromatic carbocycles. The van der Waals surface area contributed by atoms with Crippen molar-refractivity contribution < 1.29 is 22.7 Å². The van der Waals surface area contributed by atoms with Crippen molar-refractivity contribution in [2.24, 2.45) is 0 Å². The molecule has 0 atom stereocenters. The van der Waals surface area contributed by atoms with Crippen molar-refractivity contribution >= 4 is 43.9 Å². The molecule has 0 aliphatic heterocycles. The number of sulfonamides is 1. The summed E-state index contributed by atoms with van der Waals surface area (Å²) in [7, 11) is -2.28. The van der Waals surface area contributed by atoms with Crippen LogP contribution in [0.1, 0.15) is 42.3 Å². The fraction of sp³-hybridized carbons (Fsp3) is 0.231. The van der Waals surface area contributed by atoms with Crippen molar-refractivity contribution in [2.75, 3.05) is 23.4 Å². The van der Waals surface area contributed by atoms with Crippen molar-refractivity contribution in [2.45, 2.75) is 26.2 Å². The third-order valence-corrected chi connectivity index (χ3v) is 5.82. The summed E-state index contributed by atoms with van der Waals surface area (Å²) in [5.74, 6) is 1.01. The van der Waals surface area contributed by atoms with Gasteiger partial charge in [-0.3, -0.25) is 14.3 Å². The van der Waals surface area contributed by atoms with Crippen LogP contribution < -0.4 is 14.8 Å². The number of hydrogen-bond acceptors (Lipinski definition) is 5. The zero-order valence-electron chi connectivity index (χ0n) is 19.6. The summed E-state index contributed by atoms with van der Waals surface area (Å²) in [5.41, 5.74) is 1.49. The monoisotopic (exact) mass is 478 g/mol. The molecule has 8 heteroatoms. The molecule has 0 bridgehead atoms. The Morgan fingerprint density at radius 3 is 2.18 bits per heavy atom. The normalized spacial score (nSPS) is 11.5. The number of ether oxygens (including phenoxy) is 1. The minimum atomic E-state index is -3.63. The molecule has 0 radical (unpaired) electrons. The lowest BCUT2D eigenvalue weighted by Gasteiger charge is -2.23. The van der Waals surface area contributed by atoms with Crippen LogP contribution in [0, 0.1) is 12.3 Å². The highest BCUT2D eigenvalue weighted by atomic mass is 32.2. The number of rotatable bonds is 6. The van der Waals surface area contributed by atoms with Crippen LogP contribution in [0.2, 0.25) is 0 Å². The first-order valence-electron chi connectivity index (χ1n) is 10.4. The lowest BCUT2D eigenvalue weighted by molar-refractivity contribution is -0.112. The van der Waals surface area contributed by atoms with E-state index in [0.29, 0.717) is 16.3 Å². The maximum Gasteiger partial charge on any atom is 0.296 e. The Morgan fingerprint density at radius 1 is 1.00 bits per heavy atom. The van der Waals surface area contributed by atoms with Crippen molar-refractivity contribution in [1.29, 1.82) is 0 Å². The van der Waals surface area contributed by atoms with Gasteiger partial charge in [-0.15, -0.1) is 6.42 Å². The van der Waals surface area contributed by atoms with Gasteiger partial charge in [-0.2, -0.15) is 0 Å². The fourth-order valence-corrected chi connectivity index (χ4v) is 4.13. The summed E-state index contributed by atoms with van der Waals surface area (Å²) < 4.78 is 31.6. The number of ketones is 1. The molecule has 176 valence electrons. The summed E-state index contributed by atoms with van der Waals surface area (Å²) >= 11 is 0. The van der Waals surface area contributed by atoms with Gasteiger partial charge in [0, 0.05) is 11.1 Å². The van der Waals surface area contributed by atoms with Crippen molar-refractivity contribution in [1.82, 2.24) is 0 Å². The second kappa shape index (κ2) is 9.20. The van der Waals surface area contributed by atoms with Gasteiger partial charge in [0.25, 0.3) is 11.7 Å². The molecule has 3 rings (SSSR count). The molecule has 0 fully saturated rings. The zero-order valence-corrected chi connectivity index (χ0v) is 20.5. The molecule has 34 heavy (non-hydrogen) atoms. The molecular weight excluding hydrogens is 452 g/mol. The van der Waals surface area contributed by atoms with E-state index in [9.17, 15) is 18.0 Å². The van der Waals surface area contributed by atoms with Crippen LogP contribution in [-0.4, -0.2) is 33.5 Å². The minimum Gasteiger partial charge on any atom is -0.492 e. The van der Waals surface area contributed by atoms with Crippen LogP contribution in [0.5, 0.6) is 5.75 Å². The molecular formula is C26H26N2O5S.